The summed E-state index contributed by atoms with van der Waals surface area (Å²) in [7, 11) is -3.54. The number of sulfonamides is 1. The Morgan fingerprint density at radius 2 is 2.20 bits per heavy atom. The SMILES string of the molecule is Cc1csc(CCNS(=O)(=O)c2ccc(Br)c(N)c2)n1. The van der Waals surface area contributed by atoms with Gasteiger partial charge in [-0.2, -0.15) is 0 Å². The van der Waals surface area contributed by atoms with Crippen molar-refractivity contribution in [1.29, 1.82) is 0 Å². The summed E-state index contributed by atoms with van der Waals surface area (Å²) in [6.07, 6.45) is 0.573. The van der Waals surface area contributed by atoms with Crippen LogP contribution in [0.2, 0.25) is 0 Å². The maximum Gasteiger partial charge on any atom is 0.240 e. The van der Waals surface area contributed by atoms with Gasteiger partial charge in [-0.15, -0.1) is 11.3 Å². The van der Waals surface area contributed by atoms with Crippen molar-refractivity contribution in [3.63, 3.8) is 0 Å². The van der Waals surface area contributed by atoms with Crippen LogP contribution in [-0.2, 0) is 16.4 Å². The highest BCUT2D eigenvalue weighted by Crippen LogP contribution is 2.22. The molecule has 1 heterocycles. The number of thiazole rings is 1. The van der Waals surface area contributed by atoms with Crippen LogP contribution in [0.25, 0.3) is 0 Å². The Balaban J connectivity index is 2.02. The van der Waals surface area contributed by atoms with E-state index >= 15 is 0 Å². The van der Waals surface area contributed by atoms with Gasteiger partial charge in [-0.05, 0) is 41.1 Å². The first-order chi connectivity index (χ1) is 9.38. The molecule has 0 aliphatic rings. The first kappa shape index (κ1) is 15.4. The van der Waals surface area contributed by atoms with Crippen molar-refractivity contribution in [3.8, 4) is 0 Å². The second kappa shape index (κ2) is 6.21. The quantitative estimate of drug-likeness (QED) is 0.785. The predicted octanol–water partition coefficient (Wildman–Crippen LogP) is 2.32. The Morgan fingerprint density at radius 1 is 1.45 bits per heavy atom. The number of nitrogens with two attached hydrogens (primary N) is 1. The summed E-state index contributed by atoms with van der Waals surface area (Å²) in [5.41, 5.74) is 7.04. The smallest absolute Gasteiger partial charge is 0.240 e. The molecule has 0 atom stereocenters. The van der Waals surface area contributed by atoms with Crippen LogP contribution < -0.4 is 10.5 Å². The number of aryl methyl sites for hydroxylation is 1. The van der Waals surface area contributed by atoms with Crippen molar-refractivity contribution < 1.29 is 8.42 Å². The monoisotopic (exact) mass is 375 g/mol. The highest BCUT2D eigenvalue weighted by molar-refractivity contribution is 9.10. The third kappa shape index (κ3) is 3.78. The number of halogens is 1. The molecule has 2 aromatic rings. The van der Waals surface area contributed by atoms with Crippen LogP contribution in [-0.4, -0.2) is 19.9 Å². The van der Waals surface area contributed by atoms with Crippen molar-refractivity contribution in [2.24, 2.45) is 0 Å². The molecule has 5 nitrogen and oxygen atoms in total. The first-order valence-corrected chi connectivity index (χ1v) is 9.00. The third-order valence-electron chi connectivity index (χ3n) is 2.58. The number of hydrogen-bond donors (Lipinski definition) is 2. The van der Waals surface area contributed by atoms with E-state index in [1.165, 1.54) is 23.5 Å². The molecule has 0 spiro atoms. The molecule has 0 aliphatic heterocycles. The average Bonchev–Trinajstić information content (AvgIpc) is 2.78. The van der Waals surface area contributed by atoms with E-state index in [0.717, 1.165) is 10.7 Å². The van der Waals surface area contributed by atoms with Gasteiger partial charge in [-0.25, -0.2) is 18.1 Å². The van der Waals surface area contributed by atoms with Gasteiger partial charge in [0.15, 0.2) is 0 Å². The fourth-order valence-electron chi connectivity index (χ4n) is 1.58. The summed E-state index contributed by atoms with van der Waals surface area (Å²) in [6.45, 7) is 2.22. The molecule has 108 valence electrons. The van der Waals surface area contributed by atoms with E-state index in [2.05, 4.69) is 25.6 Å². The number of aromatic nitrogens is 1. The van der Waals surface area contributed by atoms with E-state index in [9.17, 15) is 8.42 Å². The number of benzene rings is 1. The van der Waals surface area contributed by atoms with Crippen molar-refractivity contribution >= 4 is 43.0 Å². The van der Waals surface area contributed by atoms with Crippen LogP contribution in [0.5, 0.6) is 0 Å². The highest BCUT2D eigenvalue weighted by Gasteiger charge is 2.14. The van der Waals surface area contributed by atoms with Crippen LogP contribution in [0.15, 0.2) is 32.9 Å². The summed E-state index contributed by atoms with van der Waals surface area (Å²) in [4.78, 5) is 4.45. The largest absolute Gasteiger partial charge is 0.398 e. The van der Waals surface area contributed by atoms with Crippen LogP contribution in [0, 0.1) is 6.92 Å². The Morgan fingerprint density at radius 3 is 2.80 bits per heavy atom. The van der Waals surface area contributed by atoms with Crippen LogP contribution in [0.3, 0.4) is 0 Å². The zero-order chi connectivity index (χ0) is 14.8. The molecule has 0 amide bonds. The summed E-state index contributed by atoms with van der Waals surface area (Å²) >= 11 is 4.76. The van der Waals surface area contributed by atoms with Gasteiger partial charge in [0, 0.05) is 34.2 Å². The molecule has 0 saturated heterocycles. The number of nitrogens with zero attached hydrogens (tertiary/aromatic N) is 1. The first-order valence-electron chi connectivity index (χ1n) is 5.84. The number of rotatable bonds is 5. The Bertz CT molecular complexity index is 713. The van der Waals surface area contributed by atoms with Crippen molar-refractivity contribution in [3.05, 3.63) is 38.8 Å². The van der Waals surface area contributed by atoms with Crippen LogP contribution in [0.4, 0.5) is 5.69 Å². The molecule has 20 heavy (non-hydrogen) atoms. The molecule has 0 radical (unpaired) electrons. The lowest BCUT2D eigenvalue weighted by molar-refractivity contribution is 0.581. The summed E-state index contributed by atoms with van der Waals surface area (Å²) < 4.78 is 27.4. The normalized spacial score (nSPS) is 11.7. The topological polar surface area (TPSA) is 85.1 Å². The fraction of sp³-hybridized carbons (Fsp3) is 0.250. The van der Waals surface area contributed by atoms with Gasteiger partial charge in [0.2, 0.25) is 10.0 Å². The zero-order valence-electron chi connectivity index (χ0n) is 10.8. The Hall–Kier alpha value is -0.960. The van der Waals surface area contributed by atoms with E-state index in [1.807, 2.05) is 12.3 Å². The van der Waals surface area contributed by atoms with Crippen molar-refractivity contribution in [1.82, 2.24) is 9.71 Å². The Labute approximate surface area is 130 Å². The second-order valence-electron chi connectivity index (χ2n) is 4.21. The lowest BCUT2D eigenvalue weighted by atomic mass is 10.3. The van der Waals surface area contributed by atoms with E-state index < -0.39 is 10.0 Å². The maximum absolute atomic E-state index is 12.1. The van der Waals surface area contributed by atoms with Gasteiger partial charge in [0.05, 0.1) is 9.90 Å². The molecular weight excluding hydrogens is 362 g/mol. The lowest BCUT2D eigenvalue weighted by Crippen LogP contribution is -2.26. The number of nitrogens with one attached hydrogen (secondary N) is 1. The van der Waals surface area contributed by atoms with E-state index in [-0.39, 0.29) is 4.90 Å². The van der Waals surface area contributed by atoms with Crippen molar-refractivity contribution in [2.75, 3.05) is 12.3 Å². The van der Waals surface area contributed by atoms with Gasteiger partial charge >= 0.3 is 0 Å². The molecule has 1 aromatic heterocycles. The standard InChI is InChI=1S/C12H14BrN3O2S2/c1-8-7-19-12(16-8)4-5-15-20(17,18)9-2-3-10(13)11(14)6-9/h2-3,6-7,15H,4-5,14H2,1H3. The molecule has 1 aromatic carbocycles. The fourth-order valence-corrected chi connectivity index (χ4v) is 3.67. The van der Waals surface area contributed by atoms with E-state index in [4.69, 9.17) is 5.73 Å². The van der Waals surface area contributed by atoms with Crippen LogP contribution >= 0.6 is 27.3 Å². The summed E-state index contributed by atoms with van der Waals surface area (Å²) in [6, 6.07) is 4.56. The zero-order valence-corrected chi connectivity index (χ0v) is 14.0. The molecule has 0 unspecified atom stereocenters. The summed E-state index contributed by atoms with van der Waals surface area (Å²) in [5, 5.41) is 2.86. The molecule has 8 heteroatoms. The highest BCUT2D eigenvalue weighted by atomic mass is 79.9. The maximum atomic E-state index is 12.1. The molecule has 0 bridgehead atoms. The van der Waals surface area contributed by atoms with Crippen molar-refractivity contribution in [2.45, 2.75) is 18.2 Å². The summed E-state index contributed by atoms with van der Waals surface area (Å²) in [5.74, 6) is 0. The van der Waals surface area contributed by atoms with Gasteiger partial charge in [0.1, 0.15) is 0 Å². The van der Waals surface area contributed by atoms with Gasteiger partial charge in [-0.1, -0.05) is 0 Å². The minimum absolute atomic E-state index is 0.161. The predicted molar refractivity (Wildman–Crippen MR) is 84.3 cm³/mol. The minimum atomic E-state index is -3.54. The molecule has 3 N–H and O–H groups in total. The van der Waals surface area contributed by atoms with Gasteiger partial charge in [0.25, 0.3) is 0 Å². The van der Waals surface area contributed by atoms with Crippen LogP contribution in [0.1, 0.15) is 10.7 Å². The third-order valence-corrected chi connectivity index (χ3v) is 5.78. The second-order valence-corrected chi connectivity index (χ2v) is 7.78. The average molecular weight is 376 g/mol. The molecule has 2 rings (SSSR count). The Kier molecular flexibility index (Phi) is 4.79. The number of hydrogen-bond acceptors (Lipinski definition) is 5. The molecule has 0 saturated carbocycles. The number of anilines is 1. The van der Waals surface area contributed by atoms with Gasteiger partial charge < -0.3 is 5.73 Å². The molecular formula is C12H14BrN3O2S2. The van der Waals surface area contributed by atoms with E-state index in [0.29, 0.717) is 23.1 Å². The minimum Gasteiger partial charge on any atom is -0.398 e. The number of nitrogen functional groups attached to an aromatic ring is 1. The molecule has 0 fully saturated rings. The van der Waals surface area contributed by atoms with Gasteiger partial charge in [-0.3, -0.25) is 0 Å². The molecule has 0 aliphatic carbocycles. The lowest BCUT2D eigenvalue weighted by Gasteiger charge is -2.07. The van der Waals surface area contributed by atoms with E-state index in [1.54, 1.807) is 6.07 Å².